The Morgan fingerprint density at radius 3 is 2.79 bits per heavy atom. The second-order valence-corrected chi connectivity index (χ2v) is 5.35. The summed E-state index contributed by atoms with van der Waals surface area (Å²) < 4.78 is 18.5. The van der Waals surface area contributed by atoms with Crippen molar-refractivity contribution in [3.63, 3.8) is 0 Å². The van der Waals surface area contributed by atoms with Gasteiger partial charge in [0.25, 0.3) is 0 Å². The van der Waals surface area contributed by atoms with Gasteiger partial charge in [0, 0.05) is 0 Å². The van der Waals surface area contributed by atoms with Gasteiger partial charge in [0.15, 0.2) is 0 Å². The highest BCUT2D eigenvalue weighted by Gasteiger charge is 2.15. The fourth-order valence-electron chi connectivity index (χ4n) is 2.38. The summed E-state index contributed by atoms with van der Waals surface area (Å²) in [4.78, 5) is 0. The maximum atomic E-state index is 13.1. The van der Waals surface area contributed by atoms with Crippen LogP contribution < -0.4 is 0 Å². The maximum Gasteiger partial charge on any atom is 0.123 e. The molecule has 0 aliphatic carbocycles. The lowest BCUT2D eigenvalue weighted by Crippen LogP contribution is -1.98. The van der Waals surface area contributed by atoms with Crippen molar-refractivity contribution >= 4 is 11.6 Å². The van der Waals surface area contributed by atoms with E-state index in [1.54, 1.807) is 6.07 Å². The SMILES string of the molecule is Fc1cccc(CC(Cl)c2ccc3c(c2)COC3)c1. The lowest BCUT2D eigenvalue weighted by atomic mass is 10.00. The molecule has 19 heavy (non-hydrogen) atoms. The molecule has 3 heteroatoms. The number of hydrogen-bond acceptors (Lipinski definition) is 1. The van der Waals surface area contributed by atoms with Crippen molar-refractivity contribution in [3.05, 3.63) is 70.5 Å². The standard InChI is InChI=1S/C16H14ClFO/c17-16(7-11-2-1-3-15(18)6-11)12-4-5-13-9-19-10-14(13)8-12/h1-6,8,16H,7,9-10H2. The molecule has 0 saturated heterocycles. The Morgan fingerprint density at radius 1 is 1.11 bits per heavy atom. The molecular weight excluding hydrogens is 263 g/mol. The largest absolute Gasteiger partial charge is 0.372 e. The number of hydrogen-bond donors (Lipinski definition) is 0. The van der Waals surface area contributed by atoms with E-state index in [9.17, 15) is 4.39 Å². The van der Waals surface area contributed by atoms with E-state index in [1.165, 1.54) is 23.3 Å². The predicted octanol–water partition coefficient (Wildman–Crippen LogP) is 4.38. The van der Waals surface area contributed by atoms with Gasteiger partial charge in [-0.3, -0.25) is 0 Å². The minimum Gasteiger partial charge on any atom is -0.372 e. The van der Waals surface area contributed by atoms with Crippen molar-refractivity contribution in [3.8, 4) is 0 Å². The first-order valence-electron chi connectivity index (χ1n) is 6.30. The first-order chi connectivity index (χ1) is 9.22. The molecule has 1 heterocycles. The van der Waals surface area contributed by atoms with E-state index >= 15 is 0 Å². The van der Waals surface area contributed by atoms with E-state index in [0.717, 1.165) is 11.1 Å². The van der Waals surface area contributed by atoms with Crippen LogP contribution in [0.1, 0.15) is 27.6 Å². The third kappa shape index (κ3) is 2.80. The summed E-state index contributed by atoms with van der Waals surface area (Å²) in [5.74, 6) is -0.219. The van der Waals surface area contributed by atoms with Gasteiger partial charge < -0.3 is 4.74 Å². The molecule has 0 fully saturated rings. The van der Waals surface area contributed by atoms with Crippen LogP contribution in [0.3, 0.4) is 0 Å². The minimum absolute atomic E-state index is 0.146. The molecule has 3 rings (SSSR count). The van der Waals surface area contributed by atoms with Gasteiger partial charge in [-0.15, -0.1) is 11.6 Å². The molecule has 0 saturated carbocycles. The second-order valence-electron chi connectivity index (χ2n) is 4.82. The summed E-state index contributed by atoms with van der Waals surface area (Å²) in [6.07, 6.45) is 0.624. The van der Waals surface area contributed by atoms with E-state index in [2.05, 4.69) is 12.1 Å². The van der Waals surface area contributed by atoms with Crippen LogP contribution in [0, 0.1) is 5.82 Å². The van der Waals surface area contributed by atoms with Gasteiger partial charge in [-0.05, 0) is 40.8 Å². The highest BCUT2D eigenvalue weighted by molar-refractivity contribution is 6.20. The molecule has 1 atom stereocenters. The first kappa shape index (κ1) is 12.6. The van der Waals surface area contributed by atoms with Crippen molar-refractivity contribution in [2.45, 2.75) is 25.0 Å². The van der Waals surface area contributed by atoms with Crippen LogP contribution in [0.5, 0.6) is 0 Å². The number of benzene rings is 2. The highest BCUT2D eigenvalue weighted by atomic mass is 35.5. The van der Waals surface area contributed by atoms with E-state index in [1.807, 2.05) is 12.1 Å². The quantitative estimate of drug-likeness (QED) is 0.756. The molecule has 1 aliphatic heterocycles. The van der Waals surface area contributed by atoms with Gasteiger partial charge in [-0.2, -0.15) is 0 Å². The van der Waals surface area contributed by atoms with Crippen molar-refractivity contribution in [2.24, 2.45) is 0 Å². The number of rotatable bonds is 3. The molecule has 0 aromatic heterocycles. The van der Waals surface area contributed by atoms with Crippen LogP contribution in [-0.2, 0) is 24.4 Å². The summed E-state index contributed by atoms with van der Waals surface area (Å²) in [5, 5.41) is -0.146. The van der Waals surface area contributed by atoms with Gasteiger partial charge >= 0.3 is 0 Å². The fraction of sp³-hybridized carbons (Fsp3) is 0.250. The average molecular weight is 277 g/mol. The summed E-state index contributed by atoms with van der Waals surface area (Å²) in [6.45, 7) is 1.35. The molecule has 0 N–H and O–H groups in total. The van der Waals surface area contributed by atoms with Gasteiger partial charge in [0.05, 0.1) is 18.6 Å². The molecule has 1 aliphatic rings. The molecule has 1 unspecified atom stereocenters. The number of halogens is 2. The topological polar surface area (TPSA) is 9.23 Å². The molecule has 0 amide bonds. The minimum atomic E-state index is -0.219. The average Bonchev–Trinajstić information content (AvgIpc) is 2.85. The third-order valence-corrected chi connectivity index (χ3v) is 3.82. The monoisotopic (exact) mass is 276 g/mol. The molecule has 2 aromatic carbocycles. The zero-order valence-corrected chi connectivity index (χ0v) is 11.2. The van der Waals surface area contributed by atoms with Crippen LogP contribution >= 0.6 is 11.6 Å². The van der Waals surface area contributed by atoms with Gasteiger partial charge in [0.1, 0.15) is 5.82 Å². The van der Waals surface area contributed by atoms with Gasteiger partial charge in [0.2, 0.25) is 0 Å². The molecule has 0 spiro atoms. The summed E-state index contributed by atoms with van der Waals surface area (Å²) in [7, 11) is 0. The number of ether oxygens (including phenoxy) is 1. The Labute approximate surface area is 117 Å². The smallest absolute Gasteiger partial charge is 0.123 e. The van der Waals surface area contributed by atoms with Crippen LogP contribution in [-0.4, -0.2) is 0 Å². The second kappa shape index (κ2) is 5.32. The molecule has 2 aromatic rings. The van der Waals surface area contributed by atoms with Gasteiger partial charge in [-0.1, -0.05) is 30.3 Å². The van der Waals surface area contributed by atoms with Crippen molar-refractivity contribution in [1.29, 1.82) is 0 Å². The Kier molecular flexibility index (Phi) is 3.54. The van der Waals surface area contributed by atoms with Gasteiger partial charge in [-0.25, -0.2) is 4.39 Å². The Morgan fingerprint density at radius 2 is 1.95 bits per heavy atom. The van der Waals surface area contributed by atoms with Crippen molar-refractivity contribution in [2.75, 3.05) is 0 Å². The first-order valence-corrected chi connectivity index (χ1v) is 6.74. The zero-order chi connectivity index (χ0) is 13.2. The lowest BCUT2D eigenvalue weighted by molar-refractivity contribution is 0.134. The molecule has 98 valence electrons. The number of fused-ring (bicyclic) bond motifs is 1. The molecule has 0 radical (unpaired) electrons. The Balaban J connectivity index is 1.78. The van der Waals surface area contributed by atoms with Crippen LogP contribution in [0.4, 0.5) is 4.39 Å². The van der Waals surface area contributed by atoms with Crippen LogP contribution in [0.15, 0.2) is 42.5 Å². The zero-order valence-electron chi connectivity index (χ0n) is 10.4. The van der Waals surface area contributed by atoms with E-state index < -0.39 is 0 Å². The summed E-state index contributed by atoms with van der Waals surface area (Å²) >= 11 is 6.43. The van der Waals surface area contributed by atoms with Crippen molar-refractivity contribution < 1.29 is 9.13 Å². The van der Waals surface area contributed by atoms with E-state index in [4.69, 9.17) is 16.3 Å². The summed E-state index contributed by atoms with van der Waals surface area (Å²) in [6, 6.07) is 12.8. The lowest BCUT2D eigenvalue weighted by Gasteiger charge is -2.11. The maximum absolute atomic E-state index is 13.1. The van der Waals surface area contributed by atoms with Crippen molar-refractivity contribution in [1.82, 2.24) is 0 Å². The van der Waals surface area contributed by atoms with Crippen LogP contribution in [0.2, 0.25) is 0 Å². The third-order valence-electron chi connectivity index (χ3n) is 3.41. The highest BCUT2D eigenvalue weighted by Crippen LogP contribution is 2.29. The normalized spacial score (nSPS) is 15.3. The number of alkyl halides is 1. The molecule has 1 nitrogen and oxygen atoms in total. The summed E-state index contributed by atoms with van der Waals surface area (Å²) in [5.41, 5.74) is 4.42. The Hall–Kier alpha value is -1.38. The van der Waals surface area contributed by atoms with E-state index in [0.29, 0.717) is 19.6 Å². The Bertz CT molecular complexity index is 597. The fourth-order valence-corrected chi connectivity index (χ4v) is 2.69. The molecular formula is C16H14ClFO. The predicted molar refractivity (Wildman–Crippen MR) is 73.6 cm³/mol. The van der Waals surface area contributed by atoms with E-state index in [-0.39, 0.29) is 11.2 Å². The van der Waals surface area contributed by atoms with Crippen LogP contribution in [0.25, 0.3) is 0 Å². The molecule has 0 bridgehead atoms.